The minimum Gasteiger partial charge on any atom is -0.379 e. The van der Waals surface area contributed by atoms with Crippen LogP contribution in [0.1, 0.15) is 57.1 Å². The SMILES string of the molecule is COC1COCC[C@H]1N[C@@H]1CCC(C(=O)N2CC=C(c3cccc(C(F)(F)F)c3)CC2)(C(C)C)C1. The van der Waals surface area contributed by atoms with Crippen molar-refractivity contribution in [2.45, 2.75) is 70.3 Å². The molecule has 4 rings (SSSR count). The number of nitrogens with zero attached hydrogens (tertiary/aromatic N) is 1. The van der Waals surface area contributed by atoms with Gasteiger partial charge in [-0.1, -0.05) is 32.1 Å². The van der Waals surface area contributed by atoms with Crippen molar-refractivity contribution in [1.82, 2.24) is 10.2 Å². The van der Waals surface area contributed by atoms with Gasteiger partial charge in [-0.05, 0) is 61.3 Å². The molecule has 2 fully saturated rings. The number of alkyl halides is 3. The quantitative estimate of drug-likeness (QED) is 0.611. The Morgan fingerprint density at radius 1 is 1.29 bits per heavy atom. The summed E-state index contributed by atoms with van der Waals surface area (Å²) in [5.74, 6) is 0.370. The predicted molar refractivity (Wildman–Crippen MR) is 129 cm³/mol. The predicted octanol–water partition coefficient (Wildman–Crippen LogP) is 4.91. The summed E-state index contributed by atoms with van der Waals surface area (Å²) in [6.07, 6.45) is 1.60. The highest BCUT2D eigenvalue weighted by atomic mass is 19.4. The number of amides is 1. The van der Waals surface area contributed by atoms with Crippen LogP contribution in [-0.2, 0) is 20.4 Å². The molecular weight excluding hydrogens is 457 g/mol. The molecule has 35 heavy (non-hydrogen) atoms. The van der Waals surface area contributed by atoms with Crippen molar-refractivity contribution in [1.29, 1.82) is 0 Å². The van der Waals surface area contributed by atoms with E-state index in [1.54, 1.807) is 13.2 Å². The van der Waals surface area contributed by atoms with E-state index < -0.39 is 17.2 Å². The van der Waals surface area contributed by atoms with Crippen LogP contribution in [0, 0.1) is 11.3 Å². The molecule has 1 aromatic carbocycles. The van der Waals surface area contributed by atoms with Gasteiger partial charge in [-0.15, -0.1) is 0 Å². The third kappa shape index (κ3) is 5.59. The number of rotatable bonds is 6. The lowest BCUT2D eigenvalue weighted by Gasteiger charge is -2.39. The van der Waals surface area contributed by atoms with Gasteiger partial charge in [0.05, 0.1) is 23.7 Å². The number of methoxy groups -OCH3 is 1. The van der Waals surface area contributed by atoms with Crippen LogP contribution in [0.25, 0.3) is 5.57 Å². The van der Waals surface area contributed by atoms with Crippen molar-refractivity contribution in [3.8, 4) is 0 Å². The van der Waals surface area contributed by atoms with Gasteiger partial charge in [-0.2, -0.15) is 13.2 Å². The topological polar surface area (TPSA) is 50.8 Å². The molecule has 194 valence electrons. The Morgan fingerprint density at radius 2 is 2.09 bits per heavy atom. The van der Waals surface area contributed by atoms with E-state index in [0.717, 1.165) is 37.3 Å². The van der Waals surface area contributed by atoms with Crippen LogP contribution in [0.4, 0.5) is 13.2 Å². The summed E-state index contributed by atoms with van der Waals surface area (Å²) in [7, 11) is 1.71. The Balaban J connectivity index is 1.43. The summed E-state index contributed by atoms with van der Waals surface area (Å²) in [6.45, 7) is 6.51. The second-order valence-corrected chi connectivity index (χ2v) is 10.5. The Morgan fingerprint density at radius 3 is 2.74 bits per heavy atom. The summed E-state index contributed by atoms with van der Waals surface area (Å²) in [6, 6.07) is 5.94. The normalized spacial score (nSPS) is 30.0. The van der Waals surface area contributed by atoms with Crippen LogP contribution >= 0.6 is 0 Å². The molecule has 4 atom stereocenters. The molecule has 1 amide bonds. The molecule has 0 aromatic heterocycles. The highest BCUT2D eigenvalue weighted by molar-refractivity contribution is 5.84. The van der Waals surface area contributed by atoms with E-state index in [-0.39, 0.29) is 30.0 Å². The summed E-state index contributed by atoms with van der Waals surface area (Å²) >= 11 is 0. The van der Waals surface area contributed by atoms with Crippen molar-refractivity contribution in [2.75, 3.05) is 33.4 Å². The first-order chi connectivity index (χ1) is 16.6. The van der Waals surface area contributed by atoms with E-state index in [1.165, 1.54) is 12.1 Å². The van der Waals surface area contributed by atoms with Gasteiger partial charge in [-0.3, -0.25) is 4.79 Å². The highest BCUT2D eigenvalue weighted by Crippen LogP contribution is 2.46. The summed E-state index contributed by atoms with van der Waals surface area (Å²) in [5, 5.41) is 3.75. The van der Waals surface area contributed by atoms with Gasteiger partial charge in [0.25, 0.3) is 0 Å². The van der Waals surface area contributed by atoms with E-state index in [2.05, 4.69) is 19.2 Å². The molecular formula is C27H37F3N2O3. The van der Waals surface area contributed by atoms with Crippen LogP contribution in [0.15, 0.2) is 30.3 Å². The van der Waals surface area contributed by atoms with Gasteiger partial charge < -0.3 is 19.7 Å². The molecule has 5 nitrogen and oxygen atoms in total. The Labute approximate surface area is 206 Å². The third-order valence-corrected chi connectivity index (χ3v) is 8.19. The maximum absolute atomic E-state index is 13.8. The number of ether oxygens (including phenoxy) is 2. The summed E-state index contributed by atoms with van der Waals surface area (Å²) < 4.78 is 50.5. The fourth-order valence-electron chi connectivity index (χ4n) is 5.95. The van der Waals surface area contributed by atoms with Crippen molar-refractivity contribution >= 4 is 11.5 Å². The molecule has 2 aliphatic heterocycles. The van der Waals surface area contributed by atoms with Crippen molar-refractivity contribution < 1.29 is 27.4 Å². The number of nitrogens with one attached hydrogen (secondary N) is 1. The van der Waals surface area contributed by atoms with Gasteiger partial charge in [-0.25, -0.2) is 0 Å². The van der Waals surface area contributed by atoms with Crippen molar-refractivity contribution in [2.24, 2.45) is 11.3 Å². The molecule has 8 heteroatoms. The first kappa shape index (κ1) is 26.2. The standard InChI is InChI=1S/C27H37F3N2O3/c1-18(2)26(11-7-22(16-26)31-23-10-14-35-17-24(23)34-3)25(33)32-12-8-19(9-13-32)20-5-4-6-21(15-20)27(28,29)30/h4-6,8,15,18,22-24,31H,7,9-14,16-17H2,1-3H3/t22-,23-,24?,26?/m1/s1. The first-order valence-electron chi connectivity index (χ1n) is 12.7. The van der Waals surface area contributed by atoms with Gasteiger partial charge in [0, 0.05) is 38.9 Å². The second-order valence-electron chi connectivity index (χ2n) is 10.5. The van der Waals surface area contributed by atoms with E-state index in [1.807, 2.05) is 11.0 Å². The largest absolute Gasteiger partial charge is 0.416 e. The third-order valence-electron chi connectivity index (χ3n) is 8.19. The fraction of sp³-hybridized carbons (Fsp3) is 0.667. The molecule has 2 heterocycles. The monoisotopic (exact) mass is 494 g/mol. The molecule has 1 aromatic rings. The van der Waals surface area contributed by atoms with Crippen LogP contribution in [0.2, 0.25) is 0 Å². The first-order valence-corrected chi connectivity index (χ1v) is 12.7. The molecule has 1 saturated heterocycles. The Bertz CT molecular complexity index is 932. The number of benzene rings is 1. The lowest BCUT2D eigenvalue weighted by atomic mass is 9.74. The number of halogens is 3. The number of hydrogen-bond acceptors (Lipinski definition) is 4. The average Bonchev–Trinajstić information content (AvgIpc) is 3.29. The van der Waals surface area contributed by atoms with Gasteiger partial charge in [0.1, 0.15) is 0 Å². The number of hydrogen-bond donors (Lipinski definition) is 1. The highest BCUT2D eigenvalue weighted by Gasteiger charge is 2.49. The minimum atomic E-state index is -4.36. The smallest absolute Gasteiger partial charge is 0.379 e. The van der Waals surface area contributed by atoms with E-state index >= 15 is 0 Å². The van der Waals surface area contributed by atoms with Gasteiger partial charge >= 0.3 is 6.18 Å². The summed E-state index contributed by atoms with van der Waals surface area (Å²) in [5.41, 5.74) is 0.389. The maximum atomic E-state index is 13.8. The minimum absolute atomic E-state index is 0.0232. The summed E-state index contributed by atoms with van der Waals surface area (Å²) in [4.78, 5) is 15.7. The lowest BCUT2D eigenvalue weighted by Crippen LogP contribution is -2.52. The van der Waals surface area contributed by atoms with Crippen LogP contribution in [-0.4, -0.2) is 62.4 Å². The zero-order chi connectivity index (χ0) is 25.2. The average molecular weight is 495 g/mol. The Hall–Kier alpha value is -1.90. The zero-order valence-corrected chi connectivity index (χ0v) is 20.9. The molecule has 0 bridgehead atoms. The molecule has 1 saturated carbocycles. The van der Waals surface area contributed by atoms with Crippen molar-refractivity contribution in [3.63, 3.8) is 0 Å². The van der Waals surface area contributed by atoms with Crippen LogP contribution < -0.4 is 5.32 Å². The second kappa shape index (κ2) is 10.6. The molecule has 1 aliphatic carbocycles. The van der Waals surface area contributed by atoms with E-state index in [9.17, 15) is 18.0 Å². The zero-order valence-electron chi connectivity index (χ0n) is 20.9. The van der Waals surface area contributed by atoms with Gasteiger partial charge in [0.15, 0.2) is 0 Å². The number of carbonyl (C=O) groups is 1. The molecule has 1 N–H and O–H groups in total. The van der Waals surface area contributed by atoms with E-state index in [4.69, 9.17) is 9.47 Å². The van der Waals surface area contributed by atoms with Crippen LogP contribution in [0.5, 0.6) is 0 Å². The number of carbonyl (C=O) groups excluding carboxylic acids is 1. The van der Waals surface area contributed by atoms with Crippen LogP contribution in [0.3, 0.4) is 0 Å². The molecule has 0 radical (unpaired) electrons. The Kier molecular flexibility index (Phi) is 7.93. The maximum Gasteiger partial charge on any atom is 0.416 e. The molecule has 3 aliphatic rings. The fourth-order valence-corrected chi connectivity index (χ4v) is 5.95. The van der Waals surface area contributed by atoms with Crippen molar-refractivity contribution in [3.05, 3.63) is 41.5 Å². The lowest BCUT2D eigenvalue weighted by molar-refractivity contribution is -0.144. The molecule has 0 spiro atoms. The molecule has 2 unspecified atom stereocenters. The van der Waals surface area contributed by atoms with E-state index in [0.29, 0.717) is 38.3 Å². The van der Waals surface area contributed by atoms with Gasteiger partial charge in [0.2, 0.25) is 5.91 Å².